The van der Waals surface area contributed by atoms with E-state index in [4.69, 9.17) is 5.73 Å². The van der Waals surface area contributed by atoms with Gasteiger partial charge < -0.3 is 16.0 Å². The third kappa shape index (κ3) is 3.24. The monoisotopic (exact) mass is 315 g/mol. The molecule has 3 rings (SSSR count). The molecule has 2 aliphatic rings. The van der Waals surface area contributed by atoms with Gasteiger partial charge in [0.2, 0.25) is 11.8 Å². The summed E-state index contributed by atoms with van der Waals surface area (Å²) in [6, 6.07) is 5.77. The van der Waals surface area contributed by atoms with Gasteiger partial charge in [0.25, 0.3) is 0 Å². The first-order valence-electron chi connectivity index (χ1n) is 8.51. The van der Waals surface area contributed by atoms with E-state index < -0.39 is 5.54 Å². The Morgan fingerprint density at radius 1 is 1.17 bits per heavy atom. The molecule has 2 amide bonds. The van der Waals surface area contributed by atoms with Crippen molar-refractivity contribution in [2.45, 2.75) is 57.4 Å². The topological polar surface area (TPSA) is 75.4 Å². The Hall–Kier alpha value is -1.88. The molecule has 1 aliphatic heterocycles. The molecule has 1 aliphatic carbocycles. The summed E-state index contributed by atoms with van der Waals surface area (Å²) in [5.41, 5.74) is 8.39. The second-order valence-electron chi connectivity index (χ2n) is 6.79. The van der Waals surface area contributed by atoms with Crippen LogP contribution in [-0.4, -0.2) is 23.9 Å². The molecule has 0 radical (unpaired) electrons. The van der Waals surface area contributed by atoms with Crippen molar-refractivity contribution in [3.05, 3.63) is 23.8 Å². The second kappa shape index (κ2) is 6.32. The molecule has 1 heterocycles. The first kappa shape index (κ1) is 16.0. The van der Waals surface area contributed by atoms with Crippen LogP contribution in [0.1, 0.15) is 51.0 Å². The molecule has 23 heavy (non-hydrogen) atoms. The van der Waals surface area contributed by atoms with Crippen LogP contribution in [0.2, 0.25) is 0 Å². The highest BCUT2D eigenvalue weighted by Gasteiger charge is 2.35. The first-order chi connectivity index (χ1) is 11.0. The average molecular weight is 315 g/mol. The Labute approximate surface area is 137 Å². The fourth-order valence-electron chi connectivity index (χ4n) is 3.67. The van der Waals surface area contributed by atoms with Crippen molar-refractivity contribution in [1.82, 2.24) is 0 Å². The van der Waals surface area contributed by atoms with Crippen LogP contribution < -0.4 is 16.0 Å². The molecule has 0 aromatic heterocycles. The van der Waals surface area contributed by atoms with Gasteiger partial charge in [-0.05, 0) is 49.4 Å². The Morgan fingerprint density at radius 3 is 2.61 bits per heavy atom. The van der Waals surface area contributed by atoms with E-state index in [-0.39, 0.29) is 11.8 Å². The fraction of sp³-hybridized carbons (Fsp3) is 0.556. The zero-order chi connectivity index (χ0) is 16.4. The Bertz CT molecular complexity index is 621. The highest BCUT2D eigenvalue weighted by Crippen LogP contribution is 2.31. The minimum Gasteiger partial charge on any atom is -0.324 e. The molecular formula is C18H25N3O2. The Morgan fingerprint density at radius 2 is 1.91 bits per heavy atom. The van der Waals surface area contributed by atoms with Gasteiger partial charge in [-0.2, -0.15) is 0 Å². The molecule has 124 valence electrons. The van der Waals surface area contributed by atoms with Crippen molar-refractivity contribution in [2.75, 3.05) is 16.8 Å². The minimum atomic E-state index is -0.737. The van der Waals surface area contributed by atoms with Gasteiger partial charge in [-0.25, -0.2) is 0 Å². The molecule has 1 aromatic rings. The van der Waals surface area contributed by atoms with Crippen LogP contribution in [0.15, 0.2) is 18.2 Å². The zero-order valence-corrected chi connectivity index (χ0v) is 13.7. The van der Waals surface area contributed by atoms with Crippen molar-refractivity contribution >= 4 is 23.2 Å². The predicted octanol–water partition coefficient (Wildman–Crippen LogP) is 2.59. The number of nitrogens with one attached hydrogen (secondary N) is 1. The molecule has 1 aromatic carbocycles. The Balaban J connectivity index is 1.77. The molecule has 0 saturated heterocycles. The lowest BCUT2D eigenvalue weighted by atomic mass is 9.82. The molecule has 0 unspecified atom stereocenters. The molecular weight excluding hydrogens is 290 g/mol. The van der Waals surface area contributed by atoms with Crippen molar-refractivity contribution in [3.63, 3.8) is 0 Å². The maximum Gasteiger partial charge on any atom is 0.244 e. The van der Waals surface area contributed by atoms with Gasteiger partial charge >= 0.3 is 0 Å². The lowest BCUT2D eigenvalue weighted by Gasteiger charge is -2.32. The summed E-state index contributed by atoms with van der Waals surface area (Å²) in [6.07, 6.45) is 6.57. The number of hydrogen-bond acceptors (Lipinski definition) is 3. The molecule has 1 fully saturated rings. The van der Waals surface area contributed by atoms with Gasteiger partial charge in [0, 0.05) is 24.8 Å². The zero-order valence-electron chi connectivity index (χ0n) is 13.7. The van der Waals surface area contributed by atoms with E-state index in [0.717, 1.165) is 68.4 Å². The van der Waals surface area contributed by atoms with E-state index in [1.165, 1.54) is 0 Å². The normalized spacial score (nSPS) is 19.8. The number of nitrogens with two attached hydrogens (primary N) is 1. The number of carbonyl (C=O) groups excluding carboxylic acids is 2. The van der Waals surface area contributed by atoms with E-state index in [1.54, 1.807) is 11.8 Å². The summed E-state index contributed by atoms with van der Waals surface area (Å²) in [5, 5.41) is 2.98. The number of aryl methyl sites for hydroxylation is 1. The standard InChI is InChI=1S/C18H25N3O2/c1-13(22)21-11-5-6-14-12-15(7-8-16(14)21)20-17(23)18(19)9-3-2-4-10-18/h7-8,12H,2-6,9-11,19H2,1H3,(H,20,23). The molecule has 1 saturated carbocycles. The van der Waals surface area contributed by atoms with E-state index >= 15 is 0 Å². The van der Waals surface area contributed by atoms with Crippen LogP contribution in [0.3, 0.4) is 0 Å². The summed E-state index contributed by atoms with van der Waals surface area (Å²) in [5.74, 6) is -0.0257. The minimum absolute atomic E-state index is 0.0610. The number of carbonyl (C=O) groups is 2. The van der Waals surface area contributed by atoms with Gasteiger partial charge in [-0.3, -0.25) is 9.59 Å². The van der Waals surface area contributed by atoms with Crippen LogP contribution in [0, 0.1) is 0 Å². The number of nitrogens with zero attached hydrogens (tertiary/aromatic N) is 1. The summed E-state index contributed by atoms with van der Waals surface area (Å²) >= 11 is 0. The van der Waals surface area contributed by atoms with Crippen molar-refractivity contribution < 1.29 is 9.59 Å². The van der Waals surface area contributed by atoms with Gasteiger partial charge in [0.1, 0.15) is 0 Å². The first-order valence-corrected chi connectivity index (χ1v) is 8.51. The molecule has 5 heteroatoms. The molecule has 0 bridgehead atoms. The van der Waals surface area contributed by atoms with E-state index in [0.29, 0.717) is 0 Å². The SMILES string of the molecule is CC(=O)N1CCCc2cc(NC(=O)C3(N)CCCCC3)ccc21. The number of rotatable bonds is 2. The number of fused-ring (bicyclic) bond motifs is 1. The van der Waals surface area contributed by atoms with E-state index in [2.05, 4.69) is 5.32 Å². The lowest BCUT2D eigenvalue weighted by molar-refractivity contribution is -0.122. The lowest BCUT2D eigenvalue weighted by Crippen LogP contribution is -2.52. The number of anilines is 2. The van der Waals surface area contributed by atoms with Crippen LogP contribution in [0.4, 0.5) is 11.4 Å². The maximum atomic E-state index is 12.5. The molecule has 0 atom stereocenters. The summed E-state index contributed by atoms with van der Waals surface area (Å²) in [7, 11) is 0. The number of amides is 2. The quantitative estimate of drug-likeness (QED) is 0.881. The molecule has 5 nitrogen and oxygen atoms in total. The highest BCUT2D eigenvalue weighted by molar-refractivity contribution is 5.99. The van der Waals surface area contributed by atoms with Gasteiger partial charge in [0.05, 0.1) is 5.54 Å². The van der Waals surface area contributed by atoms with Crippen molar-refractivity contribution in [3.8, 4) is 0 Å². The number of hydrogen-bond donors (Lipinski definition) is 2. The summed E-state index contributed by atoms with van der Waals surface area (Å²) in [4.78, 5) is 26.0. The van der Waals surface area contributed by atoms with Gasteiger partial charge in [-0.15, -0.1) is 0 Å². The fourth-order valence-corrected chi connectivity index (χ4v) is 3.67. The van der Waals surface area contributed by atoms with Crippen LogP contribution in [-0.2, 0) is 16.0 Å². The van der Waals surface area contributed by atoms with Crippen LogP contribution >= 0.6 is 0 Å². The predicted molar refractivity (Wildman–Crippen MR) is 91.4 cm³/mol. The second-order valence-corrected chi connectivity index (χ2v) is 6.79. The third-order valence-corrected chi connectivity index (χ3v) is 5.03. The van der Waals surface area contributed by atoms with Crippen LogP contribution in [0.5, 0.6) is 0 Å². The smallest absolute Gasteiger partial charge is 0.244 e. The van der Waals surface area contributed by atoms with Gasteiger partial charge in [0.15, 0.2) is 0 Å². The third-order valence-electron chi connectivity index (χ3n) is 5.03. The maximum absolute atomic E-state index is 12.5. The summed E-state index contributed by atoms with van der Waals surface area (Å²) in [6.45, 7) is 2.35. The van der Waals surface area contributed by atoms with Crippen molar-refractivity contribution in [2.24, 2.45) is 5.73 Å². The van der Waals surface area contributed by atoms with Crippen molar-refractivity contribution in [1.29, 1.82) is 0 Å². The molecule has 0 spiro atoms. The van der Waals surface area contributed by atoms with Crippen LogP contribution in [0.25, 0.3) is 0 Å². The largest absolute Gasteiger partial charge is 0.324 e. The molecule has 3 N–H and O–H groups in total. The van der Waals surface area contributed by atoms with E-state index in [9.17, 15) is 9.59 Å². The average Bonchev–Trinajstić information content (AvgIpc) is 2.54. The Kier molecular flexibility index (Phi) is 4.39. The highest BCUT2D eigenvalue weighted by atomic mass is 16.2. The summed E-state index contributed by atoms with van der Waals surface area (Å²) < 4.78 is 0. The van der Waals surface area contributed by atoms with E-state index in [1.807, 2.05) is 18.2 Å². The number of benzene rings is 1. The van der Waals surface area contributed by atoms with Gasteiger partial charge in [-0.1, -0.05) is 19.3 Å².